The molecule has 0 aliphatic carbocycles. The van der Waals surface area contributed by atoms with Crippen LogP contribution in [0.1, 0.15) is 30.4 Å². The Kier molecular flexibility index (Phi) is 5.41. The van der Waals surface area contributed by atoms with E-state index in [0.29, 0.717) is 17.9 Å². The summed E-state index contributed by atoms with van der Waals surface area (Å²) >= 11 is 0. The molecule has 1 saturated heterocycles. The fourth-order valence-corrected chi connectivity index (χ4v) is 3.11. The molecule has 0 atom stereocenters. The molecule has 25 heavy (non-hydrogen) atoms. The molecule has 0 aromatic carbocycles. The third kappa shape index (κ3) is 4.22. The number of aromatic amines is 1. The van der Waals surface area contributed by atoms with E-state index in [9.17, 15) is 10.1 Å². The highest BCUT2D eigenvalue weighted by atomic mass is 16.1. The zero-order chi connectivity index (χ0) is 17.6. The number of nitriles is 1. The lowest BCUT2D eigenvalue weighted by molar-refractivity contribution is 0.277. The number of hydrogen-bond donors (Lipinski definition) is 1. The van der Waals surface area contributed by atoms with Crippen LogP contribution >= 0.6 is 0 Å². The lowest BCUT2D eigenvalue weighted by Crippen LogP contribution is -2.32. The third-order valence-electron chi connectivity index (χ3n) is 4.37. The van der Waals surface area contributed by atoms with Crippen molar-refractivity contribution in [2.75, 3.05) is 31.1 Å². The number of nitrogens with zero attached hydrogens (tertiary/aromatic N) is 5. The summed E-state index contributed by atoms with van der Waals surface area (Å²) in [7, 11) is 0. The first kappa shape index (κ1) is 17.1. The molecular formula is C18H22N6O. The van der Waals surface area contributed by atoms with Crippen LogP contribution in [0.5, 0.6) is 0 Å². The van der Waals surface area contributed by atoms with Gasteiger partial charge in [-0.05, 0) is 25.0 Å². The fraction of sp³-hybridized carbons (Fsp3) is 0.444. The summed E-state index contributed by atoms with van der Waals surface area (Å²) in [5, 5.41) is 9.27. The van der Waals surface area contributed by atoms with Crippen LogP contribution in [-0.4, -0.2) is 46.0 Å². The van der Waals surface area contributed by atoms with Crippen molar-refractivity contribution in [1.82, 2.24) is 19.9 Å². The number of H-pyrrole nitrogens is 1. The highest BCUT2D eigenvalue weighted by Gasteiger charge is 2.19. The van der Waals surface area contributed by atoms with Crippen molar-refractivity contribution in [3.63, 3.8) is 0 Å². The zero-order valence-corrected chi connectivity index (χ0v) is 14.4. The maximum absolute atomic E-state index is 11.7. The smallest absolute Gasteiger partial charge is 0.251 e. The van der Waals surface area contributed by atoms with Gasteiger partial charge in [-0.1, -0.05) is 6.92 Å². The monoisotopic (exact) mass is 338 g/mol. The second kappa shape index (κ2) is 7.90. The summed E-state index contributed by atoms with van der Waals surface area (Å²) in [6, 6.07) is 7.36. The lowest BCUT2D eigenvalue weighted by atomic mass is 10.2. The Labute approximate surface area is 146 Å². The average molecular weight is 338 g/mol. The molecule has 7 nitrogen and oxygen atoms in total. The maximum atomic E-state index is 11.7. The number of nitrogens with one attached hydrogen (secondary N) is 1. The number of pyridine rings is 1. The molecule has 1 aliphatic heterocycles. The van der Waals surface area contributed by atoms with Crippen LogP contribution in [0.25, 0.3) is 0 Å². The average Bonchev–Trinajstić information content (AvgIpc) is 2.86. The number of aromatic nitrogens is 3. The van der Waals surface area contributed by atoms with Gasteiger partial charge in [0.2, 0.25) is 0 Å². The molecule has 1 fully saturated rings. The van der Waals surface area contributed by atoms with Gasteiger partial charge in [0.15, 0.2) is 0 Å². The van der Waals surface area contributed by atoms with E-state index in [1.165, 1.54) is 0 Å². The normalized spacial score (nSPS) is 15.6. The van der Waals surface area contributed by atoms with Gasteiger partial charge >= 0.3 is 0 Å². The van der Waals surface area contributed by atoms with Crippen LogP contribution < -0.4 is 10.5 Å². The predicted octanol–water partition coefficient (Wildman–Crippen LogP) is 1.31. The molecule has 2 aromatic rings. The van der Waals surface area contributed by atoms with Crippen molar-refractivity contribution in [3.8, 4) is 6.07 Å². The Hall–Kier alpha value is -2.72. The summed E-state index contributed by atoms with van der Waals surface area (Å²) in [4.78, 5) is 27.9. The van der Waals surface area contributed by atoms with Gasteiger partial charge in [0.1, 0.15) is 17.7 Å². The van der Waals surface area contributed by atoms with E-state index in [2.05, 4.69) is 30.8 Å². The van der Waals surface area contributed by atoms with E-state index in [0.717, 1.165) is 50.5 Å². The van der Waals surface area contributed by atoms with Crippen LogP contribution in [0.3, 0.4) is 0 Å². The summed E-state index contributed by atoms with van der Waals surface area (Å²) < 4.78 is 0. The standard InChI is InChI=1S/C18H22N6O/c1-2-15-11-17(25)22-16(21-15)13-23-7-4-8-24(10-9-23)18-14(12-19)5-3-6-20-18/h3,5-6,11H,2,4,7-10,13H2,1H3,(H,21,22,25). The van der Waals surface area contributed by atoms with E-state index >= 15 is 0 Å². The third-order valence-corrected chi connectivity index (χ3v) is 4.37. The largest absolute Gasteiger partial charge is 0.354 e. The molecule has 0 spiro atoms. The molecule has 0 amide bonds. The SMILES string of the molecule is CCc1cc(=O)[nH]c(CN2CCCN(c3ncccc3C#N)CC2)n1. The van der Waals surface area contributed by atoms with Gasteiger partial charge in [0.05, 0.1) is 12.1 Å². The molecule has 0 saturated carbocycles. The van der Waals surface area contributed by atoms with E-state index in [-0.39, 0.29) is 5.56 Å². The van der Waals surface area contributed by atoms with Gasteiger partial charge in [0.25, 0.3) is 5.56 Å². The van der Waals surface area contributed by atoms with Crippen molar-refractivity contribution in [3.05, 3.63) is 51.8 Å². The molecule has 2 aromatic heterocycles. The molecule has 0 unspecified atom stereocenters. The van der Waals surface area contributed by atoms with E-state index in [1.54, 1.807) is 24.4 Å². The van der Waals surface area contributed by atoms with E-state index in [4.69, 9.17) is 0 Å². The van der Waals surface area contributed by atoms with Crippen LogP contribution in [0.4, 0.5) is 5.82 Å². The van der Waals surface area contributed by atoms with Gasteiger partial charge in [-0.3, -0.25) is 9.69 Å². The Bertz CT molecular complexity index is 825. The minimum Gasteiger partial charge on any atom is -0.354 e. The quantitative estimate of drug-likeness (QED) is 0.904. The van der Waals surface area contributed by atoms with Crippen LogP contribution in [-0.2, 0) is 13.0 Å². The molecular weight excluding hydrogens is 316 g/mol. The van der Waals surface area contributed by atoms with Crippen molar-refractivity contribution >= 4 is 5.82 Å². The predicted molar refractivity (Wildman–Crippen MR) is 95.3 cm³/mol. The van der Waals surface area contributed by atoms with Crippen molar-refractivity contribution in [1.29, 1.82) is 5.26 Å². The molecule has 1 aliphatic rings. The van der Waals surface area contributed by atoms with Gasteiger partial charge in [0, 0.05) is 44.1 Å². The topological polar surface area (TPSA) is 88.9 Å². The molecule has 0 radical (unpaired) electrons. The Morgan fingerprint density at radius 3 is 3.00 bits per heavy atom. The molecule has 0 bridgehead atoms. The molecule has 1 N–H and O–H groups in total. The number of rotatable bonds is 4. The van der Waals surface area contributed by atoms with Gasteiger partial charge in [-0.2, -0.15) is 5.26 Å². The number of aryl methyl sites for hydroxylation is 1. The van der Waals surface area contributed by atoms with Crippen LogP contribution in [0.15, 0.2) is 29.2 Å². The van der Waals surface area contributed by atoms with E-state index in [1.807, 2.05) is 6.92 Å². The van der Waals surface area contributed by atoms with Crippen molar-refractivity contribution < 1.29 is 0 Å². The minimum absolute atomic E-state index is 0.0922. The molecule has 3 rings (SSSR count). The Morgan fingerprint density at radius 2 is 2.20 bits per heavy atom. The highest BCUT2D eigenvalue weighted by Crippen LogP contribution is 2.18. The lowest BCUT2D eigenvalue weighted by Gasteiger charge is -2.23. The maximum Gasteiger partial charge on any atom is 0.251 e. The number of anilines is 1. The second-order valence-corrected chi connectivity index (χ2v) is 6.14. The first-order valence-corrected chi connectivity index (χ1v) is 8.61. The first-order chi connectivity index (χ1) is 12.2. The fourth-order valence-electron chi connectivity index (χ4n) is 3.11. The summed E-state index contributed by atoms with van der Waals surface area (Å²) in [6.45, 7) is 6.04. The second-order valence-electron chi connectivity index (χ2n) is 6.14. The minimum atomic E-state index is -0.0922. The summed E-state index contributed by atoms with van der Waals surface area (Å²) in [6.07, 6.45) is 3.45. The van der Waals surface area contributed by atoms with Crippen molar-refractivity contribution in [2.45, 2.75) is 26.3 Å². The summed E-state index contributed by atoms with van der Waals surface area (Å²) in [5.74, 6) is 1.47. The van der Waals surface area contributed by atoms with Crippen molar-refractivity contribution in [2.24, 2.45) is 0 Å². The van der Waals surface area contributed by atoms with Crippen LogP contribution in [0.2, 0.25) is 0 Å². The Balaban J connectivity index is 1.69. The number of hydrogen-bond acceptors (Lipinski definition) is 6. The highest BCUT2D eigenvalue weighted by molar-refractivity contribution is 5.53. The summed E-state index contributed by atoms with van der Waals surface area (Å²) in [5.41, 5.74) is 1.34. The molecule has 7 heteroatoms. The zero-order valence-electron chi connectivity index (χ0n) is 14.4. The van der Waals surface area contributed by atoms with E-state index < -0.39 is 0 Å². The van der Waals surface area contributed by atoms with Gasteiger partial charge in [-0.15, -0.1) is 0 Å². The molecule has 3 heterocycles. The van der Waals surface area contributed by atoms with Gasteiger partial charge in [-0.25, -0.2) is 9.97 Å². The Morgan fingerprint density at radius 1 is 1.32 bits per heavy atom. The van der Waals surface area contributed by atoms with Crippen LogP contribution in [0, 0.1) is 11.3 Å². The first-order valence-electron chi connectivity index (χ1n) is 8.61. The van der Waals surface area contributed by atoms with Gasteiger partial charge < -0.3 is 9.88 Å². The molecule has 130 valence electrons.